The minimum atomic E-state index is -1.74. The second kappa shape index (κ2) is 5.77. The monoisotopic (exact) mass is 233 g/mol. The van der Waals surface area contributed by atoms with Gasteiger partial charge < -0.3 is 15.0 Å². The zero-order valence-corrected chi connectivity index (χ0v) is 8.96. The molecule has 0 heterocycles. The minimum Gasteiger partial charge on any atom is -0.479 e. The normalized spacial score (nSPS) is 11.5. The highest BCUT2D eigenvalue weighted by Crippen LogP contribution is 2.23. The number of aliphatic hydroxyl groups excluding tert-OH is 1. The largest absolute Gasteiger partial charge is 0.479 e. The van der Waals surface area contributed by atoms with Crippen LogP contribution < -0.4 is 0 Å². The van der Waals surface area contributed by atoms with Crippen LogP contribution in [0.4, 0.5) is 0 Å². The summed E-state index contributed by atoms with van der Waals surface area (Å²) < 4.78 is 0. The van der Waals surface area contributed by atoms with Crippen molar-refractivity contribution < 1.29 is 19.8 Å². The predicted octanol–water partition coefficient (Wildman–Crippen LogP) is 0.808. The number of benzene rings is 1. The zero-order valence-electron chi connectivity index (χ0n) is 8.96. The highest BCUT2D eigenvalue weighted by Gasteiger charge is 2.22. The standard InChI is InChI=1S/C12H11NO4/c13-7-9-4-1-3-8(5-2-6-14)10(9)11(15)12(16)17/h1,3-4,6,11,15H,2,5H2,(H,16,17). The Kier molecular flexibility index (Phi) is 4.37. The second-order valence-electron chi connectivity index (χ2n) is 3.44. The van der Waals surface area contributed by atoms with Gasteiger partial charge in [-0.25, -0.2) is 4.79 Å². The van der Waals surface area contributed by atoms with Crippen LogP contribution in [0.1, 0.15) is 29.2 Å². The first-order chi connectivity index (χ1) is 8.11. The summed E-state index contributed by atoms with van der Waals surface area (Å²) in [7, 11) is 0. The Morgan fingerprint density at radius 1 is 1.53 bits per heavy atom. The Morgan fingerprint density at radius 2 is 2.24 bits per heavy atom. The molecule has 0 aromatic heterocycles. The van der Waals surface area contributed by atoms with Crippen molar-refractivity contribution in [2.45, 2.75) is 18.9 Å². The van der Waals surface area contributed by atoms with Gasteiger partial charge in [0.1, 0.15) is 6.29 Å². The van der Waals surface area contributed by atoms with Crippen molar-refractivity contribution in [3.8, 4) is 6.07 Å². The lowest BCUT2D eigenvalue weighted by Gasteiger charge is -2.13. The molecule has 0 aliphatic heterocycles. The summed E-state index contributed by atoms with van der Waals surface area (Å²) in [5.41, 5.74) is 0.693. The molecule has 0 saturated heterocycles. The van der Waals surface area contributed by atoms with Crippen LogP contribution in [-0.2, 0) is 16.0 Å². The zero-order chi connectivity index (χ0) is 12.8. The molecule has 0 spiro atoms. The first-order valence-electron chi connectivity index (χ1n) is 4.98. The van der Waals surface area contributed by atoms with Crippen LogP contribution in [-0.4, -0.2) is 22.5 Å². The molecular weight excluding hydrogens is 222 g/mol. The molecule has 0 fully saturated rings. The number of carbonyl (C=O) groups is 2. The molecule has 1 atom stereocenters. The van der Waals surface area contributed by atoms with Crippen molar-refractivity contribution >= 4 is 12.3 Å². The van der Waals surface area contributed by atoms with Gasteiger partial charge in [0.25, 0.3) is 0 Å². The molecule has 0 aliphatic rings. The Morgan fingerprint density at radius 3 is 2.76 bits per heavy atom. The minimum absolute atomic E-state index is 0.0735. The van der Waals surface area contributed by atoms with Crippen molar-refractivity contribution in [2.75, 3.05) is 0 Å². The molecule has 0 radical (unpaired) electrons. The molecule has 0 aliphatic carbocycles. The molecular formula is C12H11NO4. The van der Waals surface area contributed by atoms with Crippen LogP contribution in [0.5, 0.6) is 0 Å². The fourth-order valence-corrected chi connectivity index (χ4v) is 1.59. The Labute approximate surface area is 97.9 Å². The van der Waals surface area contributed by atoms with E-state index in [-0.39, 0.29) is 17.5 Å². The molecule has 5 heteroatoms. The summed E-state index contributed by atoms with van der Waals surface area (Å²) in [6.07, 6.45) is -0.518. The van der Waals surface area contributed by atoms with Gasteiger partial charge in [-0.3, -0.25) is 0 Å². The number of hydrogen-bond donors (Lipinski definition) is 2. The predicted molar refractivity (Wildman–Crippen MR) is 58.1 cm³/mol. The van der Waals surface area contributed by atoms with E-state index in [4.69, 9.17) is 10.4 Å². The third-order valence-corrected chi connectivity index (χ3v) is 2.36. The van der Waals surface area contributed by atoms with Crippen molar-refractivity contribution in [3.05, 3.63) is 34.9 Å². The quantitative estimate of drug-likeness (QED) is 0.733. The van der Waals surface area contributed by atoms with E-state index in [0.717, 1.165) is 0 Å². The molecule has 1 unspecified atom stereocenters. The number of aliphatic carboxylic acids is 1. The van der Waals surface area contributed by atoms with Gasteiger partial charge in [-0.15, -0.1) is 0 Å². The average Bonchev–Trinajstić information content (AvgIpc) is 2.34. The maximum absolute atomic E-state index is 10.8. The summed E-state index contributed by atoms with van der Waals surface area (Å²) in [5.74, 6) is -1.42. The highest BCUT2D eigenvalue weighted by molar-refractivity contribution is 5.76. The molecule has 1 rings (SSSR count). The van der Waals surface area contributed by atoms with Crippen LogP contribution in [0.15, 0.2) is 18.2 Å². The van der Waals surface area contributed by atoms with E-state index in [2.05, 4.69) is 0 Å². The lowest BCUT2D eigenvalue weighted by molar-refractivity contribution is -0.147. The lowest BCUT2D eigenvalue weighted by atomic mass is 9.94. The van der Waals surface area contributed by atoms with Gasteiger partial charge in [0.2, 0.25) is 0 Å². The first-order valence-corrected chi connectivity index (χ1v) is 4.98. The van der Waals surface area contributed by atoms with E-state index in [1.54, 1.807) is 12.1 Å². The van der Waals surface area contributed by atoms with Crippen molar-refractivity contribution in [2.24, 2.45) is 0 Å². The number of rotatable bonds is 5. The number of carboxylic acid groups (broad SMARTS) is 1. The van der Waals surface area contributed by atoms with E-state index in [9.17, 15) is 14.7 Å². The average molecular weight is 233 g/mol. The van der Waals surface area contributed by atoms with E-state index in [0.29, 0.717) is 18.3 Å². The topological polar surface area (TPSA) is 98.4 Å². The van der Waals surface area contributed by atoms with Gasteiger partial charge in [-0.05, 0) is 18.1 Å². The van der Waals surface area contributed by atoms with Gasteiger partial charge in [0, 0.05) is 12.0 Å². The maximum Gasteiger partial charge on any atom is 0.337 e. The molecule has 1 aromatic rings. The number of hydrogen-bond acceptors (Lipinski definition) is 4. The van der Waals surface area contributed by atoms with Gasteiger partial charge in [-0.2, -0.15) is 5.26 Å². The van der Waals surface area contributed by atoms with Crippen LogP contribution >= 0.6 is 0 Å². The molecule has 5 nitrogen and oxygen atoms in total. The molecule has 0 bridgehead atoms. The number of nitrogens with zero attached hydrogens (tertiary/aromatic N) is 1. The van der Waals surface area contributed by atoms with Gasteiger partial charge in [0.15, 0.2) is 6.10 Å². The van der Waals surface area contributed by atoms with Crippen LogP contribution in [0.25, 0.3) is 0 Å². The molecule has 88 valence electrons. The number of aliphatic hydroxyl groups is 1. The summed E-state index contributed by atoms with van der Waals surface area (Å²) in [6, 6.07) is 6.47. The number of nitriles is 1. The Balaban J connectivity index is 3.25. The lowest BCUT2D eigenvalue weighted by Crippen LogP contribution is -2.14. The third-order valence-electron chi connectivity index (χ3n) is 2.36. The SMILES string of the molecule is N#Cc1cccc(CCC=O)c1C(O)C(=O)O. The highest BCUT2D eigenvalue weighted by atomic mass is 16.4. The van der Waals surface area contributed by atoms with E-state index < -0.39 is 12.1 Å². The number of carbonyl (C=O) groups excluding carboxylic acids is 1. The van der Waals surface area contributed by atoms with E-state index in [1.807, 2.05) is 6.07 Å². The first kappa shape index (κ1) is 12.9. The molecule has 0 amide bonds. The van der Waals surface area contributed by atoms with Gasteiger partial charge in [0.05, 0.1) is 11.6 Å². The molecule has 17 heavy (non-hydrogen) atoms. The van der Waals surface area contributed by atoms with Gasteiger partial charge >= 0.3 is 5.97 Å². The van der Waals surface area contributed by atoms with Gasteiger partial charge in [-0.1, -0.05) is 12.1 Å². The van der Waals surface area contributed by atoms with Crippen molar-refractivity contribution in [3.63, 3.8) is 0 Å². The Hall–Kier alpha value is -2.19. The van der Waals surface area contributed by atoms with Crippen molar-refractivity contribution in [1.29, 1.82) is 5.26 Å². The fraction of sp³-hybridized carbons (Fsp3) is 0.250. The molecule has 2 N–H and O–H groups in total. The molecule has 0 saturated carbocycles. The molecule has 1 aromatic carbocycles. The van der Waals surface area contributed by atoms with E-state index in [1.165, 1.54) is 6.07 Å². The summed E-state index contributed by atoms with van der Waals surface area (Å²) >= 11 is 0. The van der Waals surface area contributed by atoms with Crippen LogP contribution in [0.3, 0.4) is 0 Å². The van der Waals surface area contributed by atoms with E-state index >= 15 is 0 Å². The summed E-state index contributed by atoms with van der Waals surface area (Å²) in [4.78, 5) is 21.1. The number of carboxylic acids is 1. The Bertz CT molecular complexity index is 476. The fourth-order valence-electron chi connectivity index (χ4n) is 1.59. The van der Waals surface area contributed by atoms with Crippen molar-refractivity contribution in [1.82, 2.24) is 0 Å². The summed E-state index contributed by atoms with van der Waals surface area (Å²) in [6.45, 7) is 0. The van der Waals surface area contributed by atoms with Crippen LogP contribution in [0, 0.1) is 11.3 Å². The third kappa shape index (κ3) is 2.89. The number of aldehydes is 1. The maximum atomic E-state index is 10.8. The number of aryl methyl sites for hydroxylation is 1. The summed E-state index contributed by atoms with van der Waals surface area (Å²) in [5, 5.41) is 27.2. The van der Waals surface area contributed by atoms with Crippen LogP contribution in [0.2, 0.25) is 0 Å². The smallest absolute Gasteiger partial charge is 0.337 e. The second-order valence-corrected chi connectivity index (χ2v) is 3.44.